The second kappa shape index (κ2) is 8.35. The summed E-state index contributed by atoms with van der Waals surface area (Å²) in [5, 5.41) is 1.69. The molecule has 0 saturated heterocycles. The van der Waals surface area contributed by atoms with Crippen LogP contribution in [0.1, 0.15) is 13.3 Å². The van der Waals surface area contributed by atoms with Gasteiger partial charge in [0.05, 0.1) is 19.8 Å². The van der Waals surface area contributed by atoms with Gasteiger partial charge >= 0.3 is 12.1 Å². The van der Waals surface area contributed by atoms with Crippen molar-refractivity contribution in [2.24, 2.45) is 0 Å². The van der Waals surface area contributed by atoms with Gasteiger partial charge in [-0.15, -0.1) is 0 Å². The maximum absolute atomic E-state index is 11.7. The minimum atomic E-state index is -4.83. The first kappa shape index (κ1) is 15.2. The maximum Gasteiger partial charge on any atom is 0.471 e. The molecule has 0 aromatic heterocycles. The Hall–Kier alpha value is -0.820. The summed E-state index contributed by atoms with van der Waals surface area (Å²) in [6, 6.07) is 0. The largest absolute Gasteiger partial charge is 0.471 e. The Balaban J connectivity index is 3.25. The van der Waals surface area contributed by atoms with E-state index in [2.05, 4.69) is 0 Å². The number of hydrogen-bond donors (Lipinski definition) is 1. The molecule has 0 aromatic carbocycles. The standard InChI is InChI=1S/C9H16F3NO3/c1-2-4-15-6-7-16-5-3-13-8(14)9(10,11)12/h2-7H2,1H3,(H,13,14). The molecule has 0 heterocycles. The van der Waals surface area contributed by atoms with Gasteiger partial charge in [0.2, 0.25) is 0 Å². The lowest BCUT2D eigenvalue weighted by Crippen LogP contribution is -2.38. The lowest BCUT2D eigenvalue weighted by Gasteiger charge is -2.08. The molecule has 0 radical (unpaired) electrons. The van der Waals surface area contributed by atoms with Crippen molar-refractivity contribution in [3.8, 4) is 0 Å². The highest BCUT2D eigenvalue weighted by Crippen LogP contribution is 2.13. The molecule has 0 unspecified atom stereocenters. The minimum Gasteiger partial charge on any atom is -0.379 e. The Morgan fingerprint density at radius 3 is 2.19 bits per heavy atom. The summed E-state index contributed by atoms with van der Waals surface area (Å²) in [7, 11) is 0. The SMILES string of the molecule is CCCOCCOCCNC(=O)C(F)(F)F. The molecule has 1 N–H and O–H groups in total. The monoisotopic (exact) mass is 243 g/mol. The molecule has 0 aliphatic carbocycles. The molecule has 0 atom stereocenters. The molecule has 0 aliphatic rings. The zero-order valence-corrected chi connectivity index (χ0v) is 9.10. The van der Waals surface area contributed by atoms with Gasteiger partial charge in [-0.05, 0) is 6.42 Å². The summed E-state index contributed by atoms with van der Waals surface area (Å²) >= 11 is 0. The highest BCUT2D eigenvalue weighted by atomic mass is 19.4. The first-order valence-electron chi connectivity index (χ1n) is 4.99. The zero-order chi connectivity index (χ0) is 12.4. The summed E-state index contributed by atoms with van der Waals surface area (Å²) < 4.78 is 45.1. The van der Waals surface area contributed by atoms with Crippen LogP contribution in [-0.4, -0.2) is 45.1 Å². The molecule has 0 fully saturated rings. The normalized spacial score (nSPS) is 11.5. The lowest BCUT2D eigenvalue weighted by molar-refractivity contribution is -0.173. The van der Waals surface area contributed by atoms with E-state index < -0.39 is 12.1 Å². The number of amides is 1. The van der Waals surface area contributed by atoms with Gasteiger partial charge in [-0.3, -0.25) is 4.79 Å². The number of alkyl halides is 3. The van der Waals surface area contributed by atoms with E-state index in [0.29, 0.717) is 19.8 Å². The summed E-state index contributed by atoms with van der Waals surface area (Å²) in [5.41, 5.74) is 0. The Morgan fingerprint density at radius 2 is 1.69 bits per heavy atom. The van der Waals surface area contributed by atoms with E-state index in [1.165, 1.54) is 0 Å². The fraction of sp³-hybridized carbons (Fsp3) is 0.889. The Bertz CT molecular complexity index is 197. The van der Waals surface area contributed by atoms with Crippen molar-refractivity contribution in [2.75, 3.05) is 33.0 Å². The number of nitrogens with one attached hydrogen (secondary N) is 1. The molecule has 16 heavy (non-hydrogen) atoms. The van der Waals surface area contributed by atoms with Crippen LogP contribution >= 0.6 is 0 Å². The molecular formula is C9H16F3NO3. The predicted molar refractivity (Wildman–Crippen MR) is 51.0 cm³/mol. The number of rotatable bonds is 8. The van der Waals surface area contributed by atoms with Gasteiger partial charge in [0, 0.05) is 13.2 Å². The summed E-state index contributed by atoms with van der Waals surface area (Å²) in [6.07, 6.45) is -3.92. The van der Waals surface area contributed by atoms with Gasteiger partial charge in [0.1, 0.15) is 0 Å². The number of ether oxygens (including phenoxy) is 2. The highest BCUT2D eigenvalue weighted by Gasteiger charge is 2.38. The smallest absolute Gasteiger partial charge is 0.379 e. The molecule has 0 rings (SSSR count). The molecule has 0 saturated carbocycles. The van der Waals surface area contributed by atoms with Crippen LogP contribution < -0.4 is 5.32 Å². The van der Waals surface area contributed by atoms with E-state index in [-0.39, 0.29) is 13.2 Å². The van der Waals surface area contributed by atoms with Gasteiger partial charge in [-0.2, -0.15) is 13.2 Å². The van der Waals surface area contributed by atoms with Crippen LogP contribution in [0.25, 0.3) is 0 Å². The van der Waals surface area contributed by atoms with Crippen LogP contribution in [0.3, 0.4) is 0 Å². The fourth-order valence-electron chi connectivity index (χ4n) is 0.803. The number of hydrogen-bond acceptors (Lipinski definition) is 3. The average Bonchev–Trinajstić information content (AvgIpc) is 2.20. The Kier molecular flexibility index (Phi) is 7.92. The fourth-order valence-corrected chi connectivity index (χ4v) is 0.803. The predicted octanol–water partition coefficient (Wildman–Crippen LogP) is 1.11. The van der Waals surface area contributed by atoms with Crippen molar-refractivity contribution in [3.63, 3.8) is 0 Å². The van der Waals surface area contributed by atoms with E-state index in [9.17, 15) is 18.0 Å². The van der Waals surface area contributed by atoms with Crippen molar-refractivity contribution >= 4 is 5.91 Å². The van der Waals surface area contributed by atoms with Crippen molar-refractivity contribution < 1.29 is 27.4 Å². The molecule has 0 aliphatic heterocycles. The first-order valence-corrected chi connectivity index (χ1v) is 4.99. The molecule has 7 heteroatoms. The minimum absolute atomic E-state index is 0.0390. The van der Waals surface area contributed by atoms with Crippen molar-refractivity contribution in [2.45, 2.75) is 19.5 Å². The van der Waals surface area contributed by atoms with Gasteiger partial charge in [0.15, 0.2) is 0 Å². The molecule has 0 aromatic rings. The number of carbonyl (C=O) groups excluding carboxylic acids is 1. The van der Waals surface area contributed by atoms with E-state index in [1.54, 1.807) is 5.32 Å². The summed E-state index contributed by atoms with van der Waals surface area (Å²) in [4.78, 5) is 10.3. The number of carbonyl (C=O) groups is 1. The molecule has 96 valence electrons. The van der Waals surface area contributed by atoms with Crippen LogP contribution in [0.15, 0.2) is 0 Å². The quantitative estimate of drug-likeness (QED) is 0.649. The van der Waals surface area contributed by atoms with Crippen molar-refractivity contribution in [3.05, 3.63) is 0 Å². The maximum atomic E-state index is 11.7. The van der Waals surface area contributed by atoms with Crippen LogP contribution in [0.4, 0.5) is 13.2 Å². The molecule has 0 bridgehead atoms. The summed E-state index contributed by atoms with van der Waals surface area (Å²) in [6.45, 7) is 3.19. The van der Waals surface area contributed by atoms with Crippen LogP contribution in [0.2, 0.25) is 0 Å². The third kappa shape index (κ3) is 8.49. The first-order chi connectivity index (χ1) is 7.48. The topological polar surface area (TPSA) is 47.6 Å². The Labute approximate surface area is 92.1 Å². The zero-order valence-electron chi connectivity index (χ0n) is 9.10. The van der Waals surface area contributed by atoms with E-state index in [4.69, 9.17) is 9.47 Å². The van der Waals surface area contributed by atoms with E-state index in [0.717, 1.165) is 6.42 Å². The molecule has 4 nitrogen and oxygen atoms in total. The number of halogens is 3. The third-order valence-electron chi connectivity index (χ3n) is 1.51. The van der Waals surface area contributed by atoms with Crippen LogP contribution in [-0.2, 0) is 14.3 Å². The van der Waals surface area contributed by atoms with Crippen molar-refractivity contribution in [1.29, 1.82) is 0 Å². The third-order valence-corrected chi connectivity index (χ3v) is 1.51. The van der Waals surface area contributed by atoms with Crippen molar-refractivity contribution in [1.82, 2.24) is 5.32 Å². The lowest BCUT2D eigenvalue weighted by atomic mass is 10.5. The second-order valence-electron chi connectivity index (χ2n) is 2.98. The molecular weight excluding hydrogens is 227 g/mol. The highest BCUT2D eigenvalue weighted by molar-refractivity contribution is 5.81. The molecule has 0 spiro atoms. The van der Waals surface area contributed by atoms with Gasteiger partial charge in [-0.25, -0.2) is 0 Å². The molecule has 1 amide bonds. The average molecular weight is 243 g/mol. The van der Waals surface area contributed by atoms with Gasteiger partial charge < -0.3 is 14.8 Å². The van der Waals surface area contributed by atoms with Crippen LogP contribution in [0.5, 0.6) is 0 Å². The second-order valence-corrected chi connectivity index (χ2v) is 2.98. The summed E-state index contributed by atoms with van der Waals surface area (Å²) in [5.74, 6) is -1.95. The van der Waals surface area contributed by atoms with Gasteiger partial charge in [-0.1, -0.05) is 6.92 Å². The van der Waals surface area contributed by atoms with E-state index >= 15 is 0 Å². The van der Waals surface area contributed by atoms with E-state index in [1.807, 2.05) is 6.92 Å². The Morgan fingerprint density at radius 1 is 1.12 bits per heavy atom. The van der Waals surface area contributed by atoms with Crippen LogP contribution in [0, 0.1) is 0 Å². The van der Waals surface area contributed by atoms with Gasteiger partial charge in [0.25, 0.3) is 0 Å².